The van der Waals surface area contributed by atoms with Gasteiger partial charge in [-0.1, -0.05) is 0 Å². The zero-order chi connectivity index (χ0) is 14.5. The standard InChI is InChI=1S/C14H14N2O4/c15-6-1-2-7-16-11-4-3-10(14(18)19)9-12(11)20-8-5-13(16)17/h3-4,9H,1-2,5,7-8H2,(H,18,19). The molecule has 0 spiro atoms. The third-order valence-electron chi connectivity index (χ3n) is 3.04. The van der Waals surface area contributed by atoms with Crippen molar-refractivity contribution in [3.05, 3.63) is 23.8 Å². The van der Waals surface area contributed by atoms with Crippen LogP contribution in [0.3, 0.4) is 0 Å². The molecule has 1 aliphatic rings. The molecule has 1 aliphatic heterocycles. The fraction of sp³-hybridized carbons (Fsp3) is 0.357. The molecule has 1 heterocycles. The summed E-state index contributed by atoms with van der Waals surface area (Å²) in [4.78, 5) is 24.6. The predicted octanol–water partition coefficient (Wildman–Crippen LogP) is 1.80. The number of fused-ring (bicyclic) bond motifs is 1. The van der Waals surface area contributed by atoms with Crippen molar-refractivity contribution in [1.82, 2.24) is 0 Å². The second-order valence-corrected chi connectivity index (χ2v) is 4.39. The number of carbonyl (C=O) groups excluding carboxylic acids is 1. The maximum Gasteiger partial charge on any atom is 0.335 e. The summed E-state index contributed by atoms with van der Waals surface area (Å²) >= 11 is 0. The fourth-order valence-electron chi connectivity index (χ4n) is 2.06. The number of unbranched alkanes of at least 4 members (excludes halogenated alkanes) is 1. The monoisotopic (exact) mass is 274 g/mol. The summed E-state index contributed by atoms with van der Waals surface area (Å²) in [6.07, 6.45) is 1.18. The number of carboxylic acid groups (broad SMARTS) is 1. The minimum absolute atomic E-state index is 0.0789. The first-order valence-electron chi connectivity index (χ1n) is 6.31. The van der Waals surface area contributed by atoms with Crippen LogP contribution in [-0.2, 0) is 4.79 Å². The summed E-state index contributed by atoms with van der Waals surface area (Å²) in [7, 11) is 0. The zero-order valence-corrected chi connectivity index (χ0v) is 10.8. The molecule has 1 aromatic carbocycles. The number of anilines is 1. The largest absolute Gasteiger partial charge is 0.491 e. The Bertz CT molecular complexity index is 577. The van der Waals surface area contributed by atoms with E-state index in [2.05, 4.69) is 0 Å². The molecule has 0 bridgehead atoms. The van der Waals surface area contributed by atoms with E-state index in [1.807, 2.05) is 6.07 Å². The lowest BCUT2D eigenvalue weighted by Gasteiger charge is -2.21. The molecule has 0 aliphatic carbocycles. The molecular weight excluding hydrogens is 260 g/mol. The Morgan fingerprint density at radius 2 is 2.30 bits per heavy atom. The van der Waals surface area contributed by atoms with Crippen molar-refractivity contribution in [1.29, 1.82) is 5.26 Å². The second-order valence-electron chi connectivity index (χ2n) is 4.39. The highest BCUT2D eigenvalue weighted by Gasteiger charge is 2.23. The number of ether oxygens (including phenoxy) is 1. The van der Waals surface area contributed by atoms with Gasteiger partial charge in [-0.3, -0.25) is 4.79 Å². The summed E-state index contributed by atoms with van der Waals surface area (Å²) in [5.74, 6) is -0.722. The second kappa shape index (κ2) is 6.06. The molecule has 1 N–H and O–H groups in total. The number of benzene rings is 1. The summed E-state index contributed by atoms with van der Waals surface area (Å²) in [6.45, 7) is 0.652. The van der Waals surface area contributed by atoms with E-state index >= 15 is 0 Å². The molecule has 0 radical (unpaired) electrons. The van der Waals surface area contributed by atoms with E-state index < -0.39 is 5.97 Å². The zero-order valence-electron chi connectivity index (χ0n) is 10.8. The number of amides is 1. The van der Waals surface area contributed by atoms with Crippen LogP contribution in [0.15, 0.2) is 18.2 Å². The van der Waals surface area contributed by atoms with Crippen molar-refractivity contribution >= 4 is 17.6 Å². The van der Waals surface area contributed by atoms with E-state index in [0.717, 1.165) is 0 Å². The molecule has 1 aromatic rings. The number of carboxylic acids is 1. The summed E-state index contributed by atoms with van der Waals surface area (Å²) in [5, 5.41) is 17.5. The van der Waals surface area contributed by atoms with Crippen LogP contribution in [0.25, 0.3) is 0 Å². The van der Waals surface area contributed by atoms with Crippen molar-refractivity contribution in [2.24, 2.45) is 0 Å². The number of aromatic carboxylic acids is 1. The lowest BCUT2D eigenvalue weighted by Crippen LogP contribution is -2.31. The molecule has 0 unspecified atom stereocenters. The quantitative estimate of drug-likeness (QED) is 0.845. The third kappa shape index (κ3) is 2.88. The summed E-state index contributed by atoms with van der Waals surface area (Å²) in [6, 6.07) is 6.49. The Balaban J connectivity index is 2.31. The Morgan fingerprint density at radius 3 is 3.00 bits per heavy atom. The maximum atomic E-state index is 12.0. The van der Waals surface area contributed by atoms with Gasteiger partial charge in [0.2, 0.25) is 5.91 Å². The van der Waals surface area contributed by atoms with Gasteiger partial charge in [-0.15, -0.1) is 0 Å². The van der Waals surface area contributed by atoms with Crippen molar-refractivity contribution < 1.29 is 19.4 Å². The van der Waals surface area contributed by atoms with Crippen LogP contribution >= 0.6 is 0 Å². The van der Waals surface area contributed by atoms with E-state index in [1.54, 1.807) is 11.0 Å². The molecule has 0 fully saturated rings. The number of carbonyl (C=O) groups is 2. The molecule has 2 rings (SSSR count). The number of rotatable bonds is 4. The van der Waals surface area contributed by atoms with Gasteiger partial charge in [0.25, 0.3) is 0 Å². The highest BCUT2D eigenvalue weighted by molar-refractivity contribution is 5.97. The van der Waals surface area contributed by atoms with Gasteiger partial charge >= 0.3 is 5.97 Å². The van der Waals surface area contributed by atoms with Gasteiger partial charge in [-0.25, -0.2) is 4.79 Å². The van der Waals surface area contributed by atoms with Crippen LogP contribution in [-0.4, -0.2) is 30.1 Å². The molecule has 6 nitrogen and oxygen atoms in total. The van der Waals surface area contributed by atoms with Gasteiger partial charge in [0.15, 0.2) is 0 Å². The molecule has 20 heavy (non-hydrogen) atoms. The van der Waals surface area contributed by atoms with Crippen LogP contribution in [0, 0.1) is 11.3 Å². The lowest BCUT2D eigenvalue weighted by molar-refractivity contribution is -0.118. The van der Waals surface area contributed by atoms with Crippen molar-refractivity contribution in [2.45, 2.75) is 19.3 Å². The molecule has 0 atom stereocenters. The Hall–Kier alpha value is -2.55. The first-order chi connectivity index (χ1) is 9.63. The minimum atomic E-state index is -1.04. The topological polar surface area (TPSA) is 90.6 Å². The number of nitrogens with zero attached hydrogens (tertiary/aromatic N) is 2. The van der Waals surface area contributed by atoms with Crippen molar-refractivity contribution in [3.63, 3.8) is 0 Å². The summed E-state index contributed by atoms with van der Waals surface area (Å²) in [5.41, 5.74) is 0.686. The highest BCUT2D eigenvalue weighted by Crippen LogP contribution is 2.32. The average Bonchev–Trinajstić information content (AvgIpc) is 2.58. The van der Waals surface area contributed by atoms with Crippen LogP contribution in [0.2, 0.25) is 0 Å². The smallest absolute Gasteiger partial charge is 0.335 e. The van der Waals surface area contributed by atoms with Crippen LogP contribution in [0.1, 0.15) is 29.6 Å². The molecule has 0 aromatic heterocycles. The van der Waals surface area contributed by atoms with Crippen molar-refractivity contribution in [2.75, 3.05) is 18.1 Å². The van der Waals surface area contributed by atoms with Crippen molar-refractivity contribution in [3.8, 4) is 11.8 Å². The predicted molar refractivity (Wildman–Crippen MR) is 70.7 cm³/mol. The molecule has 1 amide bonds. The molecule has 6 heteroatoms. The molecule has 0 saturated carbocycles. The van der Waals surface area contributed by atoms with Crippen LogP contribution < -0.4 is 9.64 Å². The number of hydrogen-bond donors (Lipinski definition) is 1. The van der Waals surface area contributed by atoms with Gasteiger partial charge in [-0.05, 0) is 24.6 Å². The third-order valence-corrected chi connectivity index (χ3v) is 3.04. The fourth-order valence-corrected chi connectivity index (χ4v) is 2.06. The van der Waals surface area contributed by atoms with E-state index in [-0.39, 0.29) is 24.5 Å². The number of hydrogen-bond acceptors (Lipinski definition) is 4. The molecular formula is C14H14N2O4. The first-order valence-corrected chi connectivity index (χ1v) is 6.31. The molecule has 104 valence electrons. The van der Waals surface area contributed by atoms with Gasteiger partial charge in [0.1, 0.15) is 5.75 Å². The highest BCUT2D eigenvalue weighted by atomic mass is 16.5. The minimum Gasteiger partial charge on any atom is -0.491 e. The summed E-state index contributed by atoms with van der Waals surface area (Å²) < 4.78 is 5.46. The van der Waals surface area contributed by atoms with Gasteiger partial charge in [0.05, 0.1) is 30.3 Å². The van der Waals surface area contributed by atoms with Gasteiger partial charge in [-0.2, -0.15) is 5.26 Å². The van der Waals surface area contributed by atoms with E-state index in [4.69, 9.17) is 15.1 Å². The molecule has 0 saturated heterocycles. The first kappa shape index (κ1) is 13.9. The SMILES string of the molecule is N#CCCCN1C(=O)CCOc2cc(C(=O)O)ccc21. The van der Waals surface area contributed by atoms with Crippen LogP contribution in [0.4, 0.5) is 5.69 Å². The van der Waals surface area contributed by atoms with Gasteiger partial charge < -0.3 is 14.7 Å². The van der Waals surface area contributed by atoms with Crippen LogP contribution in [0.5, 0.6) is 5.75 Å². The van der Waals surface area contributed by atoms with Gasteiger partial charge in [0, 0.05) is 13.0 Å². The Morgan fingerprint density at radius 1 is 1.50 bits per heavy atom. The lowest BCUT2D eigenvalue weighted by atomic mass is 10.1. The Kier molecular flexibility index (Phi) is 4.20. The maximum absolute atomic E-state index is 12.0. The average molecular weight is 274 g/mol. The Labute approximate surface area is 116 Å². The van der Waals surface area contributed by atoms with E-state index in [0.29, 0.717) is 30.8 Å². The number of nitriles is 1. The van der Waals surface area contributed by atoms with E-state index in [9.17, 15) is 9.59 Å². The normalized spacial score (nSPS) is 13.9. The van der Waals surface area contributed by atoms with E-state index in [1.165, 1.54) is 12.1 Å².